The van der Waals surface area contributed by atoms with Crippen LogP contribution >= 0.6 is 45.3 Å². The Morgan fingerprint density at radius 3 is 1.43 bits per heavy atom. The molecule has 242 valence electrons. The van der Waals surface area contributed by atoms with Crippen molar-refractivity contribution in [3.8, 4) is 34.7 Å². The summed E-state index contributed by atoms with van der Waals surface area (Å²) in [6, 6.07) is 28.6. The first-order chi connectivity index (χ1) is 23.7. The molecule has 3 N–H and O–H groups in total. The molecule has 16 heteroatoms. The van der Waals surface area contributed by atoms with Crippen molar-refractivity contribution in [1.82, 2.24) is 9.97 Å². The molecule has 4 heterocycles. The number of carboxylic acid groups (broad SMARTS) is 1. The molecule has 2 amide bonds. The van der Waals surface area contributed by atoms with E-state index in [1.54, 1.807) is 6.07 Å². The summed E-state index contributed by atoms with van der Waals surface area (Å²) in [7, 11) is 1.28. The van der Waals surface area contributed by atoms with Gasteiger partial charge in [0, 0.05) is 11.1 Å². The zero-order chi connectivity index (χ0) is 34.9. The number of benzene rings is 2. The minimum atomic E-state index is -1.08. The van der Waals surface area contributed by atoms with Crippen molar-refractivity contribution in [2.24, 2.45) is 0 Å². The maximum atomic E-state index is 12.3. The fraction of sp³-hybridized carbons (Fsp3) is 0.0303. The van der Waals surface area contributed by atoms with E-state index in [0.29, 0.717) is 41.2 Å². The van der Waals surface area contributed by atoms with Crippen molar-refractivity contribution in [1.29, 1.82) is 10.5 Å². The number of amides is 2. The van der Waals surface area contributed by atoms with Gasteiger partial charge in [-0.1, -0.05) is 83.3 Å². The van der Waals surface area contributed by atoms with Crippen LogP contribution in [0.15, 0.2) is 84.9 Å². The summed E-state index contributed by atoms with van der Waals surface area (Å²) >= 11 is 4.09. The Morgan fingerprint density at radius 1 is 0.633 bits per heavy atom. The molecule has 49 heavy (non-hydrogen) atoms. The molecule has 12 nitrogen and oxygen atoms in total. The Bertz CT molecular complexity index is 2240. The van der Waals surface area contributed by atoms with Gasteiger partial charge in [-0.15, -0.1) is 22.7 Å². The van der Waals surface area contributed by atoms with Gasteiger partial charge in [-0.2, -0.15) is 10.5 Å². The lowest BCUT2D eigenvalue weighted by molar-refractivity contribution is 0.0605. The lowest BCUT2D eigenvalue weighted by Gasteiger charge is -1.98. The van der Waals surface area contributed by atoms with Gasteiger partial charge in [-0.25, -0.2) is 19.6 Å². The molecule has 2 aromatic carbocycles. The zero-order valence-electron chi connectivity index (χ0n) is 25.0. The smallest absolute Gasteiger partial charge is 0.348 e. The molecule has 4 aromatic heterocycles. The average Bonchev–Trinajstić information content (AvgIpc) is 3.95. The number of aromatic nitrogens is 2. The van der Waals surface area contributed by atoms with Crippen LogP contribution in [0.2, 0.25) is 0 Å². The van der Waals surface area contributed by atoms with Gasteiger partial charge in [0.1, 0.15) is 43.0 Å². The van der Waals surface area contributed by atoms with Crippen LogP contribution in [0, 0.1) is 22.7 Å². The van der Waals surface area contributed by atoms with Gasteiger partial charge < -0.3 is 9.84 Å². The second kappa shape index (κ2) is 15.7. The van der Waals surface area contributed by atoms with Crippen molar-refractivity contribution in [2.75, 3.05) is 17.7 Å². The molecular formula is C33H20N6O6S4. The van der Waals surface area contributed by atoms with Gasteiger partial charge in [0.2, 0.25) is 0 Å². The maximum absolute atomic E-state index is 12.3. The number of nitrogens with one attached hydrogen (secondary N) is 2. The number of thiazole rings is 2. The van der Waals surface area contributed by atoms with Gasteiger partial charge in [0.05, 0.1) is 16.9 Å². The number of ether oxygens (including phenoxy) is 1. The number of rotatable bonds is 8. The number of esters is 1. The van der Waals surface area contributed by atoms with Crippen molar-refractivity contribution in [3.05, 3.63) is 114 Å². The Labute approximate surface area is 294 Å². The van der Waals surface area contributed by atoms with Crippen molar-refractivity contribution < 1.29 is 29.0 Å². The second-order valence-electron chi connectivity index (χ2n) is 9.38. The van der Waals surface area contributed by atoms with Crippen molar-refractivity contribution >= 4 is 79.4 Å². The molecule has 0 bridgehead atoms. The van der Waals surface area contributed by atoms with Crippen LogP contribution in [-0.4, -0.2) is 45.9 Å². The SMILES string of the molecule is COC(=O)c1ccc(C(=O)Nc2nc(-c3ccccc3)c(C#N)s2)s1.N#Cc1sc(NC(=O)c2ccc(C(=O)O)s2)nc1-c1ccccc1. The minimum Gasteiger partial charge on any atom is -0.477 e. The van der Waals surface area contributed by atoms with Crippen LogP contribution in [-0.2, 0) is 4.74 Å². The normalized spacial score (nSPS) is 10.1. The highest BCUT2D eigenvalue weighted by Gasteiger charge is 2.19. The Morgan fingerprint density at radius 2 is 1.04 bits per heavy atom. The first-order valence-corrected chi connectivity index (χ1v) is 17.0. The van der Waals surface area contributed by atoms with E-state index in [1.807, 2.05) is 60.7 Å². The number of methoxy groups -OCH3 is 1. The maximum Gasteiger partial charge on any atom is 0.348 e. The van der Waals surface area contributed by atoms with Crippen LogP contribution < -0.4 is 10.6 Å². The molecule has 0 aliphatic heterocycles. The average molecular weight is 725 g/mol. The number of hydrogen-bond acceptors (Lipinski definition) is 13. The summed E-state index contributed by atoms with van der Waals surface area (Å²) in [6.07, 6.45) is 0. The van der Waals surface area contributed by atoms with Crippen LogP contribution in [0.4, 0.5) is 10.3 Å². The second-order valence-corrected chi connectivity index (χ2v) is 13.5. The molecule has 0 saturated heterocycles. The predicted molar refractivity (Wildman–Crippen MR) is 187 cm³/mol. The number of carbonyl (C=O) groups excluding carboxylic acids is 3. The number of carbonyl (C=O) groups is 4. The molecule has 0 saturated carbocycles. The Kier molecular flexibility index (Phi) is 11.0. The number of nitrogens with zero attached hydrogens (tertiary/aromatic N) is 4. The van der Waals surface area contributed by atoms with Gasteiger partial charge in [-0.05, 0) is 24.3 Å². The Balaban J connectivity index is 0.000000191. The van der Waals surface area contributed by atoms with E-state index in [9.17, 15) is 29.7 Å². The number of aromatic carboxylic acids is 1. The molecule has 0 fully saturated rings. The molecule has 0 unspecified atom stereocenters. The van der Waals surface area contributed by atoms with E-state index in [0.717, 1.165) is 56.5 Å². The Hall–Kier alpha value is -6.04. The molecule has 0 atom stereocenters. The molecule has 0 aliphatic rings. The van der Waals surface area contributed by atoms with Crippen molar-refractivity contribution in [3.63, 3.8) is 0 Å². The first kappa shape index (κ1) is 34.3. The first-order valence-electron chi connectivity index (χ1n) is 13.8. The van der Waals surface area contributed by atoms with E-state index in [4.69, 9.17) is 5.11 Å². The third-order valence-electron chi connectivity index (χ3n) is 6.25. The topological polar surface area (TPSA) is 195 Å². The van der Waals surface area contributed by atoms with Crippen molar-refractivity contribution in [2.45, 2.75) is 0 Å². The van der Waals surface area contributed by atoms with Gasteiger partial charge in [0.25, 0.3) is 11.8 Å². The quantitative estimate of drug-likeness (QED) is 0.132. The van der Waals surface area contributed by atoms with Gasteiger partial charge >= 0.3 is 11.9 Å². The summed E-state index contributed by atoms with van der Waals surface area (Å²) in [5, 5.41) is 33.3. The summed E-state index contributed by atoms with van der Waals surface area (Å²) < 4.78 is 4.62. The summed E-state index contributed by atoms with van der Waals surface area (Å²) in [5.41, 5.74) is 2.63. The molecule has 0 aliphatic carbocycles. The van der Waals surface area contributed by atoms with E-state index < -0.39 is 23.8 Å². The van der Waals surface area contributed by atoms with Crippen LogP contribution in [0.25, 0.3) is 22.5 Å². The zero-order valence-corrected chi connectivity index (χ0v) is 28.3. The minimum absolute atomic E-state index is 0.0852. The lowest BCUT2D eigenvalue weighted by Crippen LogP contribution is -2.09. The summed E-state index contributed by atoms with van der Waals surface area (Å²) in [5.74, 6) is -2.41. The summed E-state index contributed by atoms with van der Waals surface area (Å²) in [4.78, 5) is 57.4. The van der Waals surface area contributed by atoms with Gasteiger partial charge in [0.15, 0.2) is 10.3 Å². The van der Waals surface area contributed by atoms with Crippen LogP contribution in [0.1, 0.15) is 48.4 Å². The highest BCUT2D eigenvalue weighted by atomic mass is 32.1. The van der Waals surface area contributed by atoms with Crippen LogP contribution in [0.3, 0.4) is 0 Å². The van der Waals surface area contributed by atoms with E-state index in [-0.39, 0.29) is 9.75 Å². The number of thiophene rings is 2. The fourth-order valence-corrected chi connectivity index (χ4v) is 7.16. The lowest BCUT2D eigenvalue weighted by atomic mass is 10.1. The monoisotopic (exact) mass is 724 g/mol. The predicted octanol–water partition coefficient (Wildman–Crippen LogP) is 7.48. The third kappa shape index (κ3) is 8.28. The van der Waals surface area contributed by atoms with Gasteiger partial charge in [-0.3, -0.25) is 20.2 Å². The molecule has 0 spiro atoms. The van der Waals surface area contributed by atoms with E-state index in [2.05, 4.69) is 37.5 Å². The molecule has 0 radical (unpaired) electrons. The fourth-order valence-electron chi connectivity index (χ4n) is 4.04. The number of carboxylic acids is 1. The largest absolute Gasteiger partial charge is 0.477 e. The van der Waals surface area contributed by atoms with E-state index in [1.165, 1.54) is 25.3 Å². The van der Waals surface area contributed by atoms with E-state index >= 15 is 0 Å². The highest BCUT2D eigenvalue weighted by molar-refractivity contribution is 7.18. The molecular weight excluding hydrogens is 705 g/mol. The third-order valence-corrected chi connectivity index (χ3v) is 10.1. The standard InChI is InChI=1S/C17H11N3O3S2.C16H9N3O3S2/c1-23-16(22)12-8-7-11(24-12)15(21)20-17-19-14(13(9-18)25-17)10-5-3-2-4-6-10;17-8-12-13(9-4-2-1-3-5-9)18-16(24-12)19-14(20)10-6-7-11(23-10)15(21)22/h2-8H,1H3,(H,19,20,21);1-7H,(H,21,22)(H,18,19,20). The number of anilines is 2. The molecule has 6 aromatic rings. The highest BCUT2D eigenvalue weighted by Crippen LogP contribution is 2.32. The van der Waals surface area contributed by atoms with Crippen LogP contribution in [0.5, 0.6) is 0 Å². The number of nitriles is 2. The number of hydrogen-bond donors (Lipinski definition) is 3. The summed E-state index contributed by atoms with van der Waals surface area (Å²) in [6.45, 7) is 0. The molecule has 6 rings (SSSR count).